The van der Waals surface area contributed by atoms with Crippen molar-refractivity contribution in [1.29, 1.82) is 0 Å². The minimum atomic E-state index is -0.619. The maximum atomic E-state index is 12.1. The van der Waals surface area contributed by atoms with Crippen LogP contribution >= 0.6 is 24.8 Å². The van der Waals surface area contributed by atoms with Gasteiger partial charge in [0.2, 0.25) is 5.91 Å². The molecule has 0 aliphatic heterocycles. The molecule has 26 heavy (non-hydrogen) atoms. The van der Waals surface area contributed by atoms with Crippen LogP contribution < -0.4 is 16.4 Å². The number of hydrogen-bond acceptors (Lipinski definition) is 4. The van der Waals surface area contributed by atoms with Crippen LogP contribution in [0.4, 0.5) is 11.4 Å². The quantitative estimate of drug-likeness (QED) is 0.733. The van der Waals surface area contributed by atoms with Gasteiger partial charge in [0.15, 0.2) is 0 Å². The van der Waals surface area contributed by atoms with E-state index in [1.807, 2.05) is 20.8 Å². The van der Waals surface area contributed by atoms with Gasteiger partial charge in [-0.3, -0.25) is 14.6 Å². The summed E-state index contributed by atoms with van der Waals surface area (Å²) in [4.78, 5) is 28.2. The predicted octanol–water partition coefficient (Wildman–Crippen LogP) is 3.49. The molecule has 0 unspecified atom stereocenters. The molecule has 4 N–H and O–H groups in total. The van der Waals surface area contributed by atoms with Crippen LogP contribution in [0, 0.1) is 5.41 Å². The molecule has 2 rings (SSSR count). The molecule has 0 saturated heterocycles. The van der Waals surface area contributed by atoms with Crippen molar-refractivity contribution in [2.75, 3.05) is 10.6 Å². The Bertz CT molecular complexity index is 716. The van der Waals surface area contributed by atoms with E-state index in [0.717, 1.165) is 0 Å². The van der Waals surface area contributed by atoms with Crippen molar-refractivity contribution in [1.82, 2.24) is 4.98 Å². The number of aromatic nitrogens is 1. The second kappa shape index (κ2) is 10.1. The van der Waals surface area contributed by atoms with Gasteiger partial charge in [-0.05, 0) is 41.8 Å². The number of halogens is 2. The number of hydrogen-bond donors (Lipinski definition) is 3. The SMILES string of the molecule is CC(C)(C)[C@H](N)C(=O)Nc1ccc(C(=O)Nc2cccnc2)cc1.Cl.Cl. The molecule has 0 bridgehead atoms. The Morgan fingerprint density at radius 1 is 1.00 bits per heavy atom. The Morgan fingerprint density at radius 2 is 1.62 bits per heavy atom. The fourth-order valence-corrected chi connectivity index (χ4v) is 1.96. The van der Waals surface area contributed by atoms with Crippen molar-refractivity contribution in [2.24, 2.45) is 11.1 Å². The average molecular weight is 399 g/mol. The first-order valence-corrected chi connectivity index (χ1v) is 7.65. The normalized spacial score (nSPS) is 11.4. The smallest absolute Gasteiger partial charge is 0.255 e. The highest BCUT2D eigenvalue weighted by atomic mass is 35.5. The fourth-order valence-electron chi connectivity index (χ4n) is 1.96. The lowest BCUT2D eigenvalue weighted by Crippen LogP contribution is -2.45. The molecular formula is C18H24Cl2N4O2. The molecule has 6 nitrogen and oxygen atoms in total. The lowest BCUT2D eigenvalue weighted by Gasteiger charge is -2.25. The summed E-state index contributed by atoms with van der Waals surface area (Å²) >= 11 is 0. The number of carbonyl (C=O) groups is 2. The van der Waals surface area contributed by atoms with Gasteiger partial charge in [0.1, 0.15) is 0 Å². The molecule has 1 atom stereocenters. The molecule has 2 aromatic rings. The lowest BCUT2D eigenvalue weighted by atomic mass is 9.87. The number of amides is 2. The largest absolute Gasteiger partial charge is 0.325 e. The number of rotatable bonds is 4. The zero-order valence-corrected chi connectivity index (χ0v) is 16.5. The molecule has 0 aliphatic rings. The van der Waals surface area contributed by atoms with E-state index in [0.29, 0.717) is 16.9 Å². The minimum Gasteiger partial charge on any atom is -0.325 e. The minimum absolute atomic E-state index is 0. The van der Waals surface area contributed by atoms with Crippen LogP contribution in [0.2, 0.25) is 0 Å². The third-order valence-electron chi connectivity index (χ3n) is 3.55. The first-order chi connectivity index (χ1) is 11.3. The van der Waals surface area contributed by atoms with Crippen LogP contribution in [0.25, 0.3) is 0 Å². The fraction of sp³-hybridized carbons (Fsp3) is 0.278. The Balaban J connectivity index is 0.00000312. The van der Waals surface area contributed by atoms with Gasteiger partial charge >= 0.3 is 0 Å². The molecule has 0 saturated carbocycles. The zero-order valence-electron chi connectivity index (χ0n) is 14.9. The van der Waals surface area contributed by atoms with Crippen molar-refractivity contribution in [3.8, 4) is 0 Å². The van der Waals surface area contributed by atoms with Gasteiger partial charge in [-0.25, -0.2) is 0 Å². The van der Waals surface area contributed by atoms with Gasteiger partial charge in [-0.15, -0.1) is 24.8 Å². The maximum Gasteiger partial charge on any atom is 0.255 e. The summed E-state index contributed by atoms with van der Waals surface area (Å²) in [6.45, 7) is 5.72. The molecule has 1 aromatic carbocycles. The van der Waals surface area contributed by atoms with E-state index in [4.69, 9.17) is 5.73 Å². The van der Waals surface area contributed by atoms with Crippen LogP contribution in [-0.2, 0) is 4.79 Å². The van der Waals surface area contributed by atoms with Crippen LogP contribution in [0.5, 0.6) is 0 Å². The van der Waals surface area contributed by atoms with E-state index >= 15 is 0 Å². The zero-order chi connectivity index (χ0) is 17.7. The number of benzene rings is 1. The summed E-state index contributed by atoms with van der Waals surface area (Å²) in [6, 6.07) is 9.51. The molecule has 0 spiro atoms. The van der Waals surface area contributed by atoms with Crippen LogP contribution in [0.1, 0.15) is 31.1 Å². The first kappa shape index (κ1) is 23.9. The summed E-state index contributed by atoms with van der Waals surface area (Å²) in [5, 5.41) is 5.51. The van der Waals surface area contributed by atoms with Gasteiger partial charge in [0.25, 0.3) is 5.91 Å². The highest BCUT2D eigenvalue weighted by molar-refractivity contribution is 6.04. The van der Waals surface area contributed by atoms with Crippen LogP contribution in [0.15, 0.2) is 48.8 Å². The van der Waals surface area contributed by atoms with Gasteiger partial charge < -0.3 is 16.4 Å². The molecule has 1 heterocycles. The van der Waals surface area contributed by atoms with Crippen molar-refractivity contribution < 1.29 is 9.59 Å². The third kappa shape index (κ3) is 6.63. The van der Waals surface area contributed by atoms with Crippen molar-refractivity contribution in [3.63, 3.8) is 0 Å². The summed E-state index contributed by atoms with van der Waals surface area (Å²) in [5.74, 6) is -0.498. The Kier molecular flexibility index (Phi) is 9.27. The number of nitrogens with two attached hydrogens (primary N) is 1. The Labute approximate surface area is 165 Å². The Hall–Kier alpha value is -2.15. The van der Waals surface area contributed by atoms with Crippen molar-refractivity contribution in [2.45, 2.75) is 26.8 Å². The second-order valence-electron chi connectivity index (χ2n) is 6.61. The molecule has 0 fully saturated rings. The van der Waals surface area contributed by atoms with E-state index in [2.05, 4.69) is 15.6 Å². The van der Waals surface area contributed by atoms with Crippen LogP contribution in [-0.4, -0.2) is 22.8 Å². The van der Waals surface area contributed by atoms with Gasteiger partial charge in [0.05, 0.1) is 17.9 Å². The van der Waals surface area contributed by atoms with Gasteiger partial charge in [0, 0.05) is 17.4 Å². The lowest BCUT2D eigenvalue weighted by molar-refractivity contribution is -0.119. The first-order valence-electron chi connectivity index (χ1n) is 7.65. The highest BCUT2D eigenvalue weighted by Crippen LogP contribution is 2.19. The number of nitrogens with zero attached hydrogens (tertiary/aromatic N) is 1. The van der Waals surface area contributed by atoms with E-state index in [1.165, 1.54) is 0 Å². The topological polar surface area (TPSA) is 97.1 Å². The monoisotopic (exact) mass is 398 g/mol. The second-order valence-corrected chi connectivity index (χ2v) is 6.61. The highest BCUT2D eigenvalue weighted by Gasteiger charge is 2.27. The number of anilines is 2. The molecule has 0 aliphatic carbocycles. The molecular weight excluding hydrogens is 375 g/mol. The average Bonchev–Trinajstić information content (AvgIpc) is 2.54. The number of pyridine rings is 1. The number of carbonyl (C=O) groups excluding carboxylic acids is 2. The number of nitrogens with one attached hydrogen (secondary N) is 2. The van der Waals surface area contributed by atoms with Gasteiger partial charge in [-0.2, -0.15) is 0 Å². The third-order valence-corrected chi connectivity index (χ3v) is 3.55. The van der Waals surface area contributed by atoms with E-state index < -0.39 is 6.04 Å². The Morgan fingerprint density at radius 3 is 2.12 bits per heavy atom. The molecule has 2 amide bonds. The molecule has 0 radical (unpaired) electrons. The summed E-state index contributed by atoms with van der Waals surface area (Å²) in [6.07, 6.45) is 3.20. The maximum absolute atomic E-state index is 12.1. The molecule has 1 aromatic heterocycles. The molecule has 142 valence electrons. The van der Waals surface area contributed by atoms with E-state index in [-0.39, 0.29) is 42.0 Å². The van der Waals surface area contributed by atoms with Crippen molar-refractivity contribution >= 4 is 48.0 Å². The van der Waals surface area contributed by atoms with Gasteiger partial charge in [-0.1, -0.05) is 20.8 Å². The van der Waals surface area contributed by atoms with E-state index in [1.54, 1.807) is 48.8 Å². The molecule has 8 heteroatoms. The summed E-state index contributed by atoms with van der Waals surface area (Å²) in [7, 11) is 0. The summed E-state index contributed by atoms with van der Waals surface area (Å²) in [5.41, 5.74) is 7.30. The van der Waals surface area contributed by atoms with E-state index in [9.17, 15) is 9.59 Å². The van der Waals surface area contributed by atoms with Crippen LogP contribution in [0.3, 0.4) is 0 Å². The summed E-state index contributed by atoms with van der Waals surface area (Å²) < 4.78 is 0. The predicted molar refractivity (Wildman–Crippen MR) is 109 cm³/mol. The van der Waals surface area contributed by atoms with Crippen molar-refractivity contribution in [3.05, 3.63) is 54.4 Å². The standard InChI is InChI=1S/C18H22N4O2.2ClH/c1-18(2,3)15(19)17(24)21-13-8-6-12(7-9-13)16(23)22-14-5-4-10-20-11-14;;/h4-11,15H,19H2,1-3H3,(H,21,24)(H,22,23);2*1H/t15-;;/m1../s1.